The molecule has 4 amide bonds. The molecular formula is C37H45ClN6O5. The number of pyridine rings is 1. The summed E-state index contributed by atoms with van der Waals surface area (Å²) in [6.07, 6.45) is 3.98. The summed E-state index contributed by atoms with van der Waals surface area (Å²) in [6.45, 7) is 11.3. The number of piperidine rings is 1. The van der Waals surface area contributed by atoms with Crippen LogP contribution in [0.5, 0.6) is 5.75 Å². The van der Waals surface area contributed by atoms with Gasteiger partial charge in [0, 0.05) is 101 Å². The Balaban J connectivity index is 0.988. The maximum atomic E-state index is 13.4. The lowest BCUT2D eigenvalue weighted by Crippen LogP contribution is -2.49. The standard InChI is InChI=1S/C37H45ClN6O5/c1-24-25(2)35(46)40(3)23-30(24)27-5-6-29(33(20-27)49-4)22-42-17-15-41(16-18-42)21-26-9-12-43(13-10-26)36(47)28-7-8-31(38)32(19-28)44-14-11-34(45)39-37(44)48/h5-8,19-20,23,26H,9-18,21-22H2,1-4H3,(H,39,45,48). The second kappa shape index (κ2) is 14.7. The van der Waals surface area contributed by atoms with E-state index in [1.165, 1.54) is 4.90 Å². The molecule has 3 fully saturated rings. The molecule has 3 aliphatic heterocycles. The van der Waals surface area contributed by atoms with E-state index in [9.17, 15) is 19.2 Å². The molecule has 4 heterocycles. The number of piperazine rings is 1. The van der Waals surface area contributed by atoms with Gasteiger partial charge in [-0.15, -0.1) is 0 Å². The number of benzene rings is 2. The van der Waals surface area contributed by atoms with Gasteiger partial charge in [-0.25, -0.2) is 4.79 Å². The molecule has 0 saturated carbocycles. The van der Waals surface area contributed by atoms with Crippen molar-refractivity contribution in [1.29, 1.82) is 0 Å². The van der Waals surface area contributed by atoms with Gasteiger partial charge in [-0.3, -0.25) is 29.5 Å². The fraction of sp³-hybridized carbons (Fsp3) is 0.459. The van der Waals surface area contributed by atoms with Gasteiger partial charge in [-0.2, -0.15) is 0 Å². The van der Waals surface area contributed by atoms with Crippen LogP contribution in [0.25, 0.3) is 11.1 Å². The number of imide groups is 1. The van der Waals surface area contributed by atoms with Gasteiger partial charge < -0.3 is 19.1 Å². The molecule has 3 aliphatic rings. The van der Waals surface area contributed by atoms with Gasteiger partial charge in [-0.1, -0.05) is 23.7 Å². The van der Waals surface area contributed by atoms with Crippen molar-refractivity contribution >= 4 is 35.1 Å². The summed E-state index contributed by atoms with van der Waals surface area (Å²) in [5, 5.41) is 2.67. The summed E-state index contributed by atoms with van der Waals surface area (Å²) >= 11 is 6.39. The fourth-order valence-corrected chi connectivity index (χ4v) is 7.41. The zero-order valence-electron chi connectivity index (χ0n) is 28.8. The second-order valence-electron chi connectivity index (χ2n) is 13.5. The van der Waals surface area contributed by atoms with Gasteiger partial charge in [0.1, 0.15) is 5.75 Å². The molecule has 0 unspecified atom stereocenters. The number of aryl methyl sites for hydroxylation is 1. The van der Waals surface area contributed by atoms with Gasteiger partial charge >= 0.3 is 6.03 Å². The van der Waals surface area contributed by atoms with Crippen LogP contribution >= 0.6 is 11.6 Å². The van der Waals surface area contributed by atoms with Crippen molar-refractivity contribution in [2.24, 2.45) is 13.0 Å². The zero-order chi connectivity index (χ0) is 34.8. The number of hydrogen-bond acceptors (Lipinski definition) is 7. The second-order valence-corrected chi connectivity index (χ2v) is 13.9. The third kappa shape index (κ3) is 7.54. The molecule has 0 radical (unpaired) electrons. The molecule has 2 aromatic carbocycles. The van der Waals surface area contributed by atoms with Crippen LogP contribution in [0.15, 0.2) is 47.4 Å². The predicted octanol–water partition coefficient (Wildman–Crippen LogP) is 4.45. The van der Waals surface area contributed by atoms with Crippen LogP contribution in [0.4, 0.5) is 10.5 Å². The lowest BCUT2D eigenvalue weighted by molar-refractivity contribution is -0.120. The number of amides is 4. The Hall–Kier alpha value is -4.19. The molecule has 12 heteroatoms. The number of anilines is 1. The summed E-state index contributed by atoms with van der Waals surface area (Å²) < 4.78 is 7.47. The van der Waals surface area contributed by atoms with Crippen molar-refractivity contribution in [3.8, 4) is 16.9 Å². The van der Waals surface area contributed by atoms with Crippen LogP contribution in [0.3, 0.4) is 0 Å². The van der Waals surface area contributed by atoms with E-state index in [1.807, 2.05) is 24.9 Å². The maximum Gasteiger partial charge on any atom is 0.328 e. The molecule has 0 atom stereocenters. The Morgan fingerprint density at radius 3 is 2.33 bits per heavy atom. The molecule has 260 valence electrons. The van der Waals surface area contributed by atoms with E-state index in [0.29, 0.717) is 35.3 Å². The first kappa shape index (κ1) is 34.7. The summed E-state index contributed by atoms with van der Waals surface area (Å²) in [5.74, 6) is 1.00. The topological polar surface area (TPSA) is 107 Å². The molecule has 11 nitrogen and oxygen atoms in total. The molecule has 3 saturated heterocycles. The van der Waals surface area contributed by atoms with E-state index in [2.05, 4.69) is 33.3 Å². The summed E-state index contributed by atoms with van der Waals surface area (Å²) in [6, 6.07) is 10.8. The SMILES string of the molecule is COc1cc(-c2cn(C)c(=O)c(C)c2C)ccc1CN1CCN(CC2CCN(C(=O)c3ccc(Cl)c(N4CCC(=O)NC4=O)c3)CC2)CC1. The van der Waals surface area contributed by atoms with Gasteiger partial charge in [-0.05, 0) is 68.0 Å². The van der Waals surface area contributed by atoms with Crippen molar-refractivity contribution in [3.05, 3.63) is 80.2 Å². The Labute approximate surface area is 292 Å². The highest BCUT2D eigenvalue weighted by Crippen LogP contribution is 2.32. The normalized spacial score (nSPS) is 18.1. The zero-order valence-corrected chi connectivity index (χ0v) is 29.5. The lowest BCUT2D eigenvalue weighted by atomic mass is 9.95. The number of methoxy groups -OCH3 is 1. The first-order chi connectivity index (χ1) is 23.5. The Morgan fingerprint density at radius 2 is 1.63 bits per heavy atom. The minimum atomic E-state index is -0.525. The van der Waals surface area contributed by atoms with Crippen LogP contribution in [0, 0.1) is 19.8 Å². The molecular weight excluding hydrogens is 644 g/mol. The molecule has 6 rings (SSSR count). The quantitative estimate of drug-likeness (QED) is 0.373. The van der Waals surface area contributed by atoms with Crippen LogP contribution in [-0.2, 0) is 18.4 Å². The number of halogens is 1. The summed E-state index contributed by atoms with van der Waals surface area (Å²) in [4.78, 5) is 58.1. The van der Waals surface area contributed by atoms with E-state index in [-0.39, 0.29) is 30.3 Å². The number of hydrogen-bond donors (Lipinski definition) is 1. The summed E-state index contributed by atoms with van der Waals surface area (Å²) in [5.41, 5.74) is 5.94. The van der Waals surface area contributed by atoms with Crippen LogP contribution < -0.4 is 20.5 Å². The molecule has 1 N–H and O–H groups in total. The number of carbonyl (C=O) groups is 3. The highest BCUT2D eigenvalue weighted by Gasteiger charge is 2.29. The van der Waals surface area contributed by atoms with Crippen molar-refractivity contribution in [3.63, 3.8) is 0 Å². The third-order valence-corrected chi connectivity index (χ3v) is 10.7. The Morgan fingerprint density at radius 1 is 0.918 bits per heavy atom. The molecule has 0 spiro atoms. The monoisotopic (exact) mass is 688 g/mol. The van der Waals surface area contributed by atoms with Crippen molar-refractivity contribution in [2.75, 3.05) is 64.4 Å². The third-order valence-electron chi connectivity index (χ3n) is 10.3. The number of nitrogens with zero attached hydrogens (tertiary/aromatic N) is 5. The number of rotatable bonds is 8. The molecule has 0 aliphatic carbocycles. The first-order valence-electron chi connectivity index (χ1n) is 17.0. The molecule has 1 aromatic heterocycles. The van der Waals surface area contributed by atoms with E-state index in [0.717, 1.165) is 85.7 Å². The average molecular weight is 689 g/mol. The number of urea groups is 1. The minimum Gasteiger partial charge on any atom is -0.496 e. The first-order valence-corrected chi connectivity index (χ1v) is 17.4. The number of likely N-dealkylation sites (tertiary alicyclic amines) is 1. The summed E-state index contributed by atoms with van der Waals surface area (Å²) in [7, 11) is 3.50. The van der Waals surface area contributed by atoms with Crippen molar-refractivity contribution in [1.82, 2.24) is 24.6 Å². The number of carbonyl (C=O) groups excluding carboxylic acids is 3. The van der Waals surface area contributed by atoms with E-state index in [4.69, 9.17) is 16.3 Å². The minimum absolute atomic E-state index is 0.0285. The Kier molecular flexibility index (Phi) is 10.4. The predicted molar refractivity (Wildman–Crippen MR) is 190 cm³/mol. The molecule has 49 heavy (non-hydrogen) atoms. The largest absolute Gasteiger partial charge is 0.496 e. The average Bonchev–Trinajstić information content (AvgIpc) is 3.10. The van der Waals surface area contributed by atoms with E-state index >= 15 is 0 Å². The van der Waals surface area contributed by atoms with Crippen molar-refractivity contribution < 1.29 is 19.1 Å². The molecule has 0 bridgehead atoms. The lowest BCUT2D eigenvalue weighted by Gasteiger charge is -2.39. The Bertz CT molecular complexity index is 1810. The molecule has 3 aromatic rings. The smallest absolute Gasteiger partial charge is 0.328 e. The number of aromatic nitrogens is 1. The van der Waals surface area contributed by atoms with Gasteiger partial charge in [0.05, 0.1) is 17.8 Å². The number of ether oxygens (including phenoxy) is 1. The van der Waals surface area contributed by atoms with Gasteiger partial charge in [0.25, 0.3) is 11.5 Å². The highest BCUT2D eigenvalue weighted by atomic mass is 35.5. The van der Waals surface area contributed by atoms with Crippen molar-refractivity contribution in [2.45, 2.75) is 39.7 Å². The van der Waals surface area contributed by atoms with Crippen LogP contribution in [0.2, 0.25) is 5.02 Å². The van der Waals surface area contributed by atoms with Gasteiger partial charge in [0.2, 0.25) is 5.91 Å². The fourth-order valence-electron chi connectivity index (χ4n) is 7.19. The maximum absolute atomic E-state index is 13.4. The van der Waals surface area contributed by atoms with Crippen LogP contribution in [0.1, 0.15) is 46.3 Å². The van der Waals surface area contributed by atoms with E-state index in [1.54, 1.807) is 36.9 Å². The highest BCUT2D eigenvalue weighted by molar-refractivity contribution is 6.34. The number of nitrogens with one attached hydrogen (secondary N) is 1. The van der Waals surface area contributed by atoms with E-state index < -0.39 is 6.03 Å². The van der Waals surface area contributed by atoms with Crippen LogP contribution in [-0.4, -0.2) is 96.6 Å². The van der Waals surface area contributed by atoms with Gasteiger partial charge in [0.15, 0.2) is 0 Å².